The Bertz CT molecular complexity index is 1020. The summed E-state index contributed by atoms with van der Waals surface area (Å²) in [4.78, 5) is 43.3. The molecule has 6 nitrogen and oxygen atoms in total. The molecule has 1 saturated heterocycles. The number of hydrogen-bond acceptors (Lipinski definition) is 5. The molecule has 0 unspecified atom stereocenters. The molecular formula is C21H20N2O4S. The molecule has 1 aliphatic rings. The van der Waals surface area contributed by atoms with Crippen LogP contribution in [0.4, 0.5) is 0 Å². The third-order valence-electron chi connectivity index (χ3n) is 5.03. The van der Waals surface area contributed by atoms with E-state index >= 15 is 0 Å². The Morgan fingerprint density at radius 2 is 2.04 bits per heavy atom. The molecule has 1 aromatic carbocycles. The van der Waals surface area contributed by atoms with Gasteiger partial charge in [0.1, 0.15) is 6.04 Å². The van der Waals surface area contributed by atoms with Crippen LogP contribution >= 0.6 is 11.3 Å². The lowest BCUT2D eigenvalue weighted by Gasteiger charge is -2.24. The van der Waals surface area contributed by atoms with Crippen molar-refractivity contribution >= 4 is 39.9 Å². The molecule has 2 atom stereocenters. The number of para-hydroxylation sites is 1. The Kier molecular flexibility index (Phi) is 5.00. The predicted octanol–water partition coefficient (Wildman–Crippen LogP) is 3.65. The maximum absolute atomic E-state index is 12.8. The Balaban J connectivity index is 1.46. The highest BCUT2D eigenvalue weighted by atomic mass is 32.1. The van der Waals surface area contributed by atoms with Gasteiger partial charge in [-0.1, -0.05) is 24.3 Å². The standard InChI is InChI=1S/C21H20N2O4S/c1-13(19(24)15-12-22-16-7-3-2-6-14(15)16)27-21(26)17-8-4-10-23(17)20(25)18-9-5-11-28-18/h2-3,5-7,9,11-13,17,22H,4,8,10H2,1H3/t13-,17-/m0/s1. The van der Waals surface area contributed by atoms with Crippen molar-refractivity contribution in [2.75, 3.05) is 6.54 Å². The van der Waals surface area contributed by atoms with Crippen LogP contribution in [-0.4, -0.2) is 46.2 Å². The number of likely N-dealkylation sites (tertiary alicyclic amines) is 1. The van der Waals surface area contributed by atoms with Gasteiger partial charge in [0.15, 0.2) is 6.10 Å². The minimum absolute atomic E-state index is 0.162. The van der Waals surface area contributed by atoms with Crippen molar-refractivity contribution in [3.05, 3.63) is 58.4 Å². The van der Waals surface area contributed by atoms with E-state index in [0.717, 1.165) is 17.3 Å². The average molecular weight is 396 g/mol. The summed E-state index contributed by atoms with van der Waals surface area (Å²) in [5, 5.41) is 2.63. The predicted molar refractivity (Wildman–Crippen MR) is 107 cm³/mol. The van der Waals surface area contributed by atoms with E-state index in [4.69, 9.17) is 4.74 Å². The molecule has 28 heavy (non-hydrogen) atoms. The molecule has 0 radical (unpaired) electrons. The number of nitrogens with one attached hydrogen (secondary N) is 1. The highest BCUT2D eigenvalue weighted by Gasteiger charge is 2.37. The Morgan fingerprint density at radius 3 is 2.82 bits per heavy atom. The van der Waals surface area contributed by atoms with Crippen molar-refractivity contribution in [3.8, 4) is 0 Å². The summed E-state index contributed by atoms with van der Waals surface area (Å²) in [6.45, 7) is 2.09. The number of carbonyl (C=O) groups excluding carboxylic acids is 3. The molecule has 3 heterocycles. The summed E-state index contributed by atoms with van der Waals surface area (Å²) in [7, 11) is 0. The number of nitrogens with zero attached hydrogens (tertiary/aromatic N) is 1. The maximum atomic E-state index is 12.8. The van der Waals surface area contributed by atoms with E-state index in [1.807, 2.05) is 35.7 Å². The molecule has 4 rings (SSSR count). The molecule has 1 aliphatic heterocycles. The molecule has 1 fully saturated rings. The Hall–Kier alpha value is -2.93. The number of ether oxygens (including phenoxy) is 1. The topological polar surface area (TPSA) is 79.5 Å². The summed E-state index contributed by atoms with van der Waals surface area (Å²) in [5.74, 6) is -0.951. The molecular weight excluding hydrogens is 376 g/mol. The number of H-pyrrole nitrogens is 1. The summed E-state index contributed by atoms with van der Waals surface area (Å²) >= 11 is 1.35. The van der Waals surface area contributed by atoms with Gasteiger partial charge in [-0.05, 0) is 37.3 Å². The van der Waals surface area contributed by atoms with Crippen molar-refractivity contribution in [1.82, 2.24) is 9.88 Å². The number of aromatic nitrogens is 1. The number of thiophene rings is 1. The average Bonchev–Trinajstić information content (AvgIpc) is 3.47. The molecule has 1 N–H and O–H groups in total. The first-order valence-corrected chi connectivity index (χ1v) is 10.1. The van der Waals surface area contributed by atoms with Crippen LogP contribution in [0.2, 0.25) is 0 Å². The van der Waals surface area contributed by atoms with E-state index < -0.39 is 18.1 Å². The molecule has 144 valence electrons. The van der Waals surface area contributed by atoms with Gasteiger partial charge in [0.25, 0.3) is 5.91 Å². The van der Waals surface area contributed by atoms with Gasteiger partial charge in [-0.3, -0.25) is 9.59 Å². The van der Waals surface area contributed by atoms with Crippen LogP contribution in [0.5, 0.6) is 0 Å². The van der Waals surface area contributed by atoms with Crippen molar-refractivity contribution in [2.24, 2.45) is 0 Å². The zero-order valence-electron chi connectivity index (χ0n) is 15.4. The summed E-state index contributed by atoms with van der Waals surface area (Å²) in [6, 6.07) is 10.4. The zero-order valence-corrected chi connectivity index (χ0v) is 16.2. The molecule has 3 aromatic rings. The third-order valence-corrected chi connectivity index (χ3v) is 5.89. The highest BCUT2D eigenvalue weighted by molar-refractivity contribution is 7.12. The number of hydrogen-bond donors (Lipinski definition) is 1. The minimum atomic E-state index is -0.925. The highest BCUT2D eigenvalue weighted by Crippen LogP contribution is 2.25. The monoisotopic (exact) mass is 396 g/mol. The largest absolute Gasteiger partial charge is 0.453 e. The second-order valence-electron chi connectivity index (χ2n) is 6.83. The number of Topliss-reactive ketones (excluding diaryl/α,β-unsaturated/α-hetero) is 1. The smallest absolute Gasteiger partial charge is 0.329 e. The molecule has 1 amide bonds. The SMILES string of the molecule is C[C@H](OC(=O)[C@@H]1CCCN1C(=O)c1cccs1)C(=O)c1c[nH]c2ccccc12. The van der Waals surface area contributed by atoms with Crippen LogP contribution < -0.4 is 0 Å². The van der Waals surface area contributed by atoms with Gasteiger partial charge < -0.3 is 14.6 Å². The fourth-order valence-electron chi connectivity index (χ4n) is 3.60. The first-order chi connectivity index (χ1) is 13.6. The zero-order chi connectivity index (χ0) is 19.7. The second kappa shape index (κ2) is 7.59. The first-order valence-electron chi connectivity index (χ1n) is 9.21. The van der Waals surface area contributed by atoms with Crippen molar-refractivity contribution in [3.63, 3.8) is 0 Å². The van der Waals surface area contributed by atoms with Gasteiger partial charge >= 0.3 is 5.97 Å². The lowest BCUT2D eigenvalue weighted by atomic mass is 10.1. The summed E-state index contributed by atoms with van der Waals surface area (Å²) < 4.78 is 5.47. The van der Waals surface area contributed by atoms with Crippen LogP contribution in [0.3, 0.4) is 0 Å². The molecule has 0 saturated carbocycles. The first kappa shape index (κ1) is 18.4. The van der Waals surface area contributed by atoms with Gasteiger partial charge in [0.2, 0.25) is 5.78 Å². The van der Waals surface area contributed by atoms with Crippen LogP contribution in [0, 0.1) is 0 Å². The van der Waals surface area contributed by atoms with Gasteiger partial charge in [0.05, 0.1) is 4.88 Å². The van der Waals surface area contributed by atoms with E-state index in [-0.39, 0.29) is 11.7 Å². The molecule has 0 spiro atoms. The van der Waals surface area contributed by atoms with Crippen molar-refractivity contribution in [1.29, 1.82) is 0 Å². The Morgan fingerprint density at radius 1 is 1.21 bits per heavy atom. The maximum Gasteiger partial charge on any atom is 0.329 e. The number of amides is 1. The van der Waals surface area contributed by atoms with E-state index in [1.165, 1.54) is 11.3 Å². The van der Waals surface area contributed by atoms with E-state index in [2.05, 4.69) is 4.98 Å². The van der Waals surface area contributed by atoms with Crippen LogP contribution in [0.25, 0.3) is 10.9 Å². The van der Waals surface area contributed by atoms with Gasteiger partial charge in [-0.2, -0.15) is 0 Å². The van der Waals surface area contributed by atoms with Gasteiger partial charge in [0, 0.05) is 29.2 Å². The van der Waals surface area contributed by atoms with Crippen LogP contribution in [0.1, 0.15) is 39.8 Å². The number of fused-ring (bicyclic) bond motifs is 1. The van der Waals surface area contributed by atoms with Crippen molar-refractivity contribution < 1.29 is 19.1 Å². The van der Waals surface area contributed by atoms with E-state index in [0.29, 0.717) is 23.4 Å². The molecule has 0 aliphatic carbocycles. The quantitative estimate of drug-likeness (QED) is 0.527. The number of aromatic amines is 1. The van der Waals surface area contributed by atoms with Gasteiger partial charge in [-0.25, -0.2) is 4.79 Å². The molecule has 0 bridgehead atoms. The van der Waals surface area contributed by atoms with E-state index in [1.54, 1.807) is 24.1 Å². The van der Waals surface area contributed by atoms with Crippen LogP contribution in [-0.2, 0) is 9.53 Å². The summed E-state index contributed by atoms with van der Waals surface area (Å²) in [6.07, 6.45) is 2.00. The summed E-state index contributed by atoms with van der Waals surface area (Å²) in [5.41, 5.74) is 1.35. The number of ketones is 1. The lowest BCUT2D eigenvalue weighted by molar-refractivity contribution is -0.150. The number of esters is 1. The number of carbonyl (C=O) groups is 3. The molecule has 2 aromatic heterocycles. The Labute approximate surface area is 166 Å². The number of benzene rings is 1. The fraction of sp³-hybridized carbons (Fsp3) is 0.286. The third kappa shape index (κ3) is 3.33. The minimum Gasteiger partial charge on any atom is -0.453 e. The van der Waals surface area contributed by atoms with Crippen LogP contribution in [0.15, 0.2) is 48.0 Å². The van der Waals surface area contributed by atoms with E-state index in [9.17, 15) is 14.4 Å². The number of rotatable bonds is 5. The molecule has 7 heteroatoms. The second-order valence-corrected chi connectivity index (χ2v) is 7.77. The van der Waals surface area contributed by atoms with Crippen molar-refractivity contribution in [2.45, 2.75) is 31.9 Å². The van der Waals surface area contributed by atoms with Gasteiger partial charge in [-0.15, -0.1) is 11.3 Å². The lowest BCUT2D eigenvalue weighted by Crippen LogP contribution is -2.42. The fourth-order valence-corrected chi connectivity index (χ4v) is 4.28. The normalized spacial score (nSPS) is 17.6.